The first-order valence-electron chi connectivity index (χ1n) is 5.85. The maximum absolute atomic E-state index is 11.1. The highest BCUT2D eigenvalue weighted by molar-refractivity contribution is 6.74. The van der Waals surface area contributed by atoms with Crippen LogP contribution in [0.25, 0.3) is 0 Å². The summed E-state index contributed by atoms with van der Waals surface area (Å²) in [6.07, 6.45) is 0.947. The summed E-state index contributed by atoms with van der Waals surface area (Å²) < 4.78 is 7.52. The third kappa shape index (κ3) is 5.46. The quantitative estimate of drug-likeness (QED) is 0.298. The van der Waals surface area contributed by atoms with Crippen molar-refractivity contribution in [1.82, 2.24) is 4.57 Å². The molecule has 0 aliphatic carbocycles. The summed E-state index contributed by atoms with van der Waals surface area (Å²) in [4.78, 5) is 11.1. The zero-order chi connectivity index (χ0) is 12.8. The largest absolute Gasteiger partial charge is 0.462 e. The van der Waals surface area contributed by atoms with E-state index in [1.165, 1.54) is 0 Å². The Morgan fingerprint density at radius 2 is 2.00 bits per heavy atom. The molecule has 0 aromatic rings. The number of carbonyl (C=O) groups excluding carboxylic acids is 1. The molecule has 0 saturated heterocycles. The van der Waals surface area contributed by atoms with Gasteiger partial charge in [-0.3, -0.25) is 0 Å². The summed E-state index contributed by atoms with van der Waals surface area (Å²) in [5, 5.41) is 0. The van der Waals surface area contributed by atoms with Crippen LogP contribution in [-0.2, 0) is 9.53 Å². The van der Waals surface area contributed by atoms with Gasteiger partial charge in [0.15, 0.2) is 0 Å². The molecule has 4 heteroatoms. The molecule has 0 rings (SSSR count). The Kier molecular flexibility index (Phi) is 6.60. The van der Waals surface area contributed by atoms with Crippen LogP contribution in [0.15, 0.2) is 12.2 Å². The highest BCUT2D eigenvalue weighted by atomic mass is 28.3. The van der Waals surface area contributed by atoms with E-state index in [-0.39, 0.29) is 5.97 Å². The molecule has 0 radical (unpaired) electrons. The summed E-state index contributed by atoms with van der Waals surface area (Å²) >= 11 is 0. The summed E-state index contributed by atoms with van der Waals surface area (Å²) in [7, 11) is 0.886. The van der Waals surface area contributed by atoms with Gasteiger partial charge < -0.3 is 9.30 Å². The molecule has 0 amide bonds. The van der Waals surface area contributed by atoms with Crippen molar-refractivity contribution in [2.45, 2.75) is 39.4 Å². The Morgan fingerprint density at radius 3 is 2.44 bits per heavy atom. The van der Waals surface area contributed by atoms with Gasteiger partial charge in [-0.2, -0.15) is 0 Å². The average molecular weight is 243 g/mol. The van der Waals surface area contributed by atoms with E-state index in [9.17, 15) is 4.79 Å². The number of rotatable bonds is 7. The summed E-state index contributed by atoms with van der Waals surface area (Å²) in [6, 6.07) is 1.15. The molecular weight excluding hydrogens is 218 g/mol. The first kappa shape index (κ1) is 15.4. The third-order valence-corrected chi connectivity index (χ3v) is 6.98. The van der Waals surface area contributed by atoms with Crippen LogP contribution in [0.3, 0.4) is 0 Å². The van der Waals surface area contributed by atoms with Crippen LogP contribution in [0, 0.1) is 0 Å². The average Bonchev–Trinajstić information content (AvgIpc) is 2.22. The van der Waals surface area contributed by atoms with Gasteiger partial charge in [-0.1, -0.05) is 26.6 Å². The molecule has 0 aromatic carbocycles. The highest BCUT2D eigenvalue weighted by Gasteiger charge is 2.24. The maximum Gasteiger partial charge on any atom is 0.333 e. The lowest BCUT2D eigenvalue weighted by molar-refractivity contribution is -0.138. The van der Waals surface area contributed by atoms with E-state index >= 15 is 0 Å². The van der Waals surface area contributed by atoms with Crippen LogP contribution in [0.2, 0.25) is 19.1 Å². The molecule has 0 N–H and O–H groups in total. The van der Waals surface area contributed by atoms with Crippen molar-refractivity contribution >= 4 is 14.2 Å². The first-order chi connectivity index (χ1) is 7.31. The lowest BCUT2D eigenvalue weighted by Crippen LogP contribution is -2.45. The number of carbonyl (C=O) groups is 1. The maximum atomic E-state index is 11.1. The second-order valence-electron chi connectivity index (χ2n) is 4.85. The van der Waals surface area contributed by atoms with Crippen molar-refractivity contribution in [2.75, 3.05) is 20.2 Å². The molecule has 94 valence electrons. The molecule has 0 unspecified atom stereocenters. The third-order valence-electron chi connectivity index (χ3n) is 3.02. The fraction of sp³-hybridized carbons (Fsp3) is 0.750. The van der Waals surface area contributed by atoms with E-state index < -0.39 is 8.24 Å². The minimum absolute atomic E-state index is 0.275. The van der Waals surface area contributed by atoms with Gasteiger partial charge in [0.25, 0.3) is 0 Å². The van der Waals surface area contributed by atoms with E-state index in [1.54, 1.807) is 6.92 Å². The lowest BCUT2D eigenvalue weighted by atomic mass is 10.4. The number of esters is 1. The highest BCUT2D eigenvalue weighted by Crippen LogP contribution is 2.15. The summed E-state index contributed by atoms with van der Waals surface area (Å²) in [5.74, 6) is -0.275. The van der Waals surface area contributed by atoms with Crippen molar-refractivity contribution < 1.29 is 9.53 Å². The Bertz CT molecular complexity index is 251. The Morgan fingerprint density at radius 1 is 1.44 bits per heavy atom. The number of ether oxygens (including phenoxy) is 1. The van der Waals surface area contributed by atoms with Crippen LogP contribution < -0.4 is 0 Å². The number of hydrogen-bond donors (Lipinski definition) is 0. The Hall–Kier alpha value is -0.613. The fourth-order valence-electron chi connectivity index (χ4n) is 1.41. The van der Waals surface area contributed by atoms with Gasteiger partial charge >= 0.3 is 5.97 Å². The monoisotopic (exact) mass is 243 g/mol. The SMILES string of the molecule is C=C(C)C(=O)OCCC[Si](C)(C)N(C)CC. The normalized spacial score (nSPS) is 11.6. The standard InChI is InChI=1S/C12H25NO2Si/c1-7-13(4)16(5,6)10-8-9-15-12(14)11(2)3/h2,7-10H2,1,3-6H3. The Labute approximate surface area is 101 Å². The van der Waals surface area contributed by atoms with Crippen LogP contribution >= 0.6 is 0 Å². The van der Waals surface area contributed by atoms with Crippen molar-refractivity contribution in [3.05, 3.63) is 12.2 Å². The molecule has 3 nitrogen and oxygen atoms in total. The van der Waals surface area contributed by atoms with Crippen molar-refractivity contribution in [3.8, 4) is 0 Å². The number of nitrogens with zero attached hydrogens (tertiary/aromatic N) is 1. The molecule has 0 atom stereocenters. The molecule has 0 heterocycles. The molecule has 0 bridgehead atoms. The van der Waals surface area contributed by atoms with Crippen LogP contribution in [0.4, 0.5) is 0 Å². The minimum atomic E-state index is -1.29. The fourth-order valence-corrected chi connectivity index (χ4v) is 3.66. The molecule has 0 aromatic heterocycles. The van der Waals surface area contributed by atoms with Gasteiger partial charge in [-0.15, -0.1) is 0 Å². The predicted molar refractivity (Wildman–Crippen MR) is 71.0 cm³/mol. The second-order valence-corrected chi connectivity index (χ2v) is 9.73. The van der Waals surface area contributed by atoms with Gasteiger partial charge in [-0.25, -0.2) is 4.79 Å². The molecule has 16 heavy (non-hydrogen) atoms. The van der Waals surface area contributed by atoms with E-state index in [0.717, 1.165) is 19.0 Å². The second kappa shape index (κ2) is 6.86. The number of hydrogen-bond acceptors (Lipinski definition) is 3. The first-order valence-corrected chi connectivity index (χ1v) is 9.00. The zero-order valence-electron chi connectivity index (χ0n) is 11.3. The Balaban J connectivity index is 3.82. The van der Waals surface area contributed by atoms with E-state index in [4.69, 9.17) is 4.74 Å². The minimum Gasteiger partial charge on any atom is -0.462 e. The molecule has 0 aliphatic rings. The zero-order valence-corrected chi connectivity index (χ0v) is 12.3. The van der Waals surface area contributed by atoms with Gasteiger partial charge in [0.2, 0.25) is 0 Å². The van der Waals surface area contributed by atoms with Crippen molar-refractivity contribution in [3.63, 3.8) is 0 Å². The van der Waals surface area contributed by atoms with Crippen LogP contribution in [0.1, 0.15) is 20.3 Å². The van der Waals surface area contributed by atoms with Gasteiger partial charge in [0.1, 0.15) is 8.24 Å². The van der Waals surface area contributed by atoms with Crippen LogP contribution in [0.5, 0.6) is 0 Å². The molecule has 0 spiro atoms. The molecule has 0 fully saturated rings. The van der Waals surface area contributed by atoms with Gasteiger partial charge in [-0.05, 0) is 33.0 Å². The summed E-state index contributed by atoms with van der Waals surface area (Å²) in [6.45, 7) is 13.7. The molecular formula is C12H25NO2Si. The predicted octanol–water partition coefficient (Wildman–Crippen LogP) is 2.65. The summed E-state index contributed by atoms with van der Waals surface area (Å²) in [5.41, 5.74) is 0.474. The molecule has 0 saturated carbocycles. The topological polar surface area (TPSA) is 29.5 Å². The smallest absolute Gasteiger partial charge is 0.333 e. The molecule has 0 aliphatic heterocycles. The van der Waals surface area contributed by atoms with E-state index in [0.29, 0.717) is 12.2 Å². The lowest BCUT2D eigenvalue weighted by Gasteiger charge is -2.32. The van der Waals surface area contributed by atoms with Gasteiger partial charge in [0.05, 0.1) is 6.61 Å². The van der Waals surface area contributed by atoms with E-state index in [1.807, 2.05) is 0 Å². The van der Waals surface area contributed by atoms with Crippen LogP contribution in [-0.4, -0.2) is 39.0 Å². The van der Waals surface area contributed by atoms with Crippen molar-refractivity contribution in [1.29, 1.82) is 0 Å². The van der Waals surface area contributed by atoms with Crippen molar-refractivity contribution in [2.24, 2.45) is 0 Å². The van der Waals surface area contributed by atoms with E-state index in [2.05, 4.69) is 38.2 Å². The van der Waals surface area contributed by atoms with Gasteiger partial charge in [0, 0.05) is 5.57 Å².